The molecule has 0 spiro atoms. The Morgan fingerprint density at radius 3 is 2.53 bits per heavy atom. The molecule has 1 atom stereocenters. The lowest BCUT2D eigenvalue weighted by Gasteiger charge is -2.25. The predicted octanol–water partition coefficient (Wildman–Crippen LogP) is 5.10. The summed E-state index contributed by atoms with van der Waals surface area (Å²) < 4.78 is 6.07. The van der Waals surface area contributed by atoms with Gasteiger partial charge in [0.2, 0.25) is 0 Å². The van der Waals surface area contributed by atoms with Crippen LogP contribution < -0.4 is 16.0 Å². The van der Waals surface area contributed by atoms with Crippen molar-refractivity contribution in [2.24, 2.45) is 0 Å². The largest absolute Gasteiger partial charge is 0.490 e. The number of hydrogen-bond donors (Lipinski definition) is 2. The molecule has 0 fully saturated rings. The number of aromatic amines is 2. The van der Waals surface area contributed by atoms with Gasteiger partial charge < -0.3 is 9.72 Å². The minimum Gasteiger partial charge on any atom is -0.490 e. The number of nitrogens with one attached hydrogen (secondary N) is 2. The van der Waals surface area contributed by atoms with Crippen molar-refractivity contribution in [3.63, 3.8) is 0 Å². The highest BCUT2D eigenvalue weighted by molar-refractivity contribution is 5.72. The Labute approximate surface area is 188 Å². The van der Waals surface area contributed by atoms with E-state index >= 15 is 0 Å². The quantitative estimate of drug-likeness (QED) is 0.571. The van der Waals surface area contributed by atoms with Gasteiger partial charge >= 0.3 is 5.69 Å². The summed E-state index contributed by atoms with van der Waals surface area (Å²) in [6.45, 7) is 6.14. The van der Waals surface area contributed by atoms with Gasteiger partial charge in [-0.15, -0.1) is 0 Å². The van der Waals surface area contributed by atoms with Crippen LogP contribution in [0.1, 0.15) is 67.0 Å². The van der Waals surface area contributed by atoms with Crippen LogP contribution >= 0.6 is 0 Å². The molecule has 1 aliphatic carbocycles. The van der Waals surface area contributed by atoms with Crippen LogP contribution in [0.5, 0.6) is 5.75 Å². The molecular formula is C27H30N2O3. The summed E-state index contributed by atoms with van der Waals surface area (Å²) in [5.41, 5.74) is 5.28. The van der Waals surface area contributed by atoms with E-state index in [0.717, 1.165) is 41.8 Å². The maximum Gasteiger partial charge on any atom is 0.325 e. The van der Waals surface area contributed by atoms with Crippen LogP contribution in [-0.2, 0) is 6.42 Å². The molecule has 5 heteroatoms. The highest BCUT2D eigenvalue weighted by atomic mass is 16.5. The molecule has 0 saturated carbocycles. The Kier molecular flexibility index (Phi) is 6.45. The number of aryl methyl sites for hydroxylation is 1. The van der Waals surface area contributed by atoms with Crippen LogP contribution in [-0.4, -0.2) is 16.1 Å². The molecule has 1 aliphatic rings. The molecule has 0 aliphatic heterocycles. The lowest BCUT2D eigenvalue weighted by atomic mass is 9.82. The first-order valence-corrected chi connectivity index (χ1v) is 11.3. The van der Waals surface area contributed by atoms with E-state index in [1.165, 1.54) is 11.1 Å². The number of benzene rings is 2. The summed E-state index contributed by atoms with van der Waals surface area (Å²) in [4.78, 5) is 30.1. The van der Waals surface area contributed by atoms with Crippen molar-refractivity contribution in [1.29, 1.82) is 0 Å². The van der Waals surface area contributed by atoms with Crippen molar-refractivity contribution in [3.05, 3.63) is 103 Å². The van der Waals surface area contributed by atoms with E-state index in [0.29, 0.717) is 12.0 Å². The molecule has 5 nitrogen and oxygen atoms in total. The Balaban J connectivity index is 1.64. The average Bonchev–Trinajstić information content (AvgIpc) is 2.76. The van der Waals surface area contributed by atoms with Gasteiger partial charge in [0, 0.05) is 29.2 Å². The highest BCUT2D eigenvalue weighted by Gasteiger charge is 2.24. The van der Waals surface area contributed by atoms with Gasteiger partial charge in [-0.05, 0) is 62.8 Å². The first-order chi connectivity index (χ1) is 15.4. The zero-order chi connectivity index (χ0) is 22.7. The van der Waals surface area contributed by atoms with E-state index in [-0.39, 0.29) is 17.6 Å². The zero-order valence-electron chi connectivity index (χ0n) is 18.9. The molecule has 0 bridgehead atoms. The van der Waals surface area contributed by atoms with Gasteiger partial charge in [-0.1, -0.05) is 48.5 Å². The number of allylic oxidation sites excluding steroid dienone is 2. The first-order valence-electron chi connectivity index (χ1n) is 11.3. The third-order valence-corrected chi connectivity index (χ3v) is 5.96. The maximum absolute atomic E-state index is 12.7. The molecule has 0 radical (unpaired) electrons. The van der Waals surface area contributed by atoms with Gasteiger partial charge in [0.15, 0.2) is 0 Å². The topological polar surface area (TPSA) is 75.0 Å². The Hall–Kier alpha value is -3.34. The number of rotatable bonds is 6. The molecule has 1 aromatic heterocycles. The zero-order valence-corrected chi connectivity index (χ0v) is 18.9. The molecule has 3 aromatic rings. The Morgan fingerprint density at radius 1 is 1.06 bits per heavy atom. The third kappa shape index (κ3) is 4.93. The molecule has 0 amide bonds. The SMILES string of the molecule is Cc1ccc(C2=CCC(c3[nH]c(=O)[nH]c(=O)c3Cc3ccccc3)CC2)c(OC(C)C)c1. The minimum atomic E-state index is -0.442. The van der Waals surface area contributed by atoms with E-state index in [1.54, 1.807) is 0 Å². The predicted molar refractivity (Wildman–Crippen MR) is 128 cm³/mol. The van der Waals surface area contributed by atoms with Gasteiger partial charge in [0.1, 0.15) is 5.75 Å². The average molecular weight is 431 g/mol. The monoisotopic (exact) mass is 430 g/mol. The van der Waals surface area contributed by atoms with Gasteiger partial charge in [0.25, 0.3) is 5.56 Å². The van der Waals surface area contributed by atoms with Gasteiger partial charge in [0.05, 0.1) is 6.10 Å². The van der Waals surface area contributed by atoms with Gasteiger partial charge in [-0.2, -0.15) is 0 Å². The van der Waals surface area contributed by atoms with Crippen LogP contribution in [0.15, 0.2) is 64.2 Å². The standard InChI is InChI=1S/C27H30N2O3/c1-17(2)32-24-15-18(3)9-14-22(24)20-10-12-21(13-11-20)25-23(26(30)29-27(31)28-25)16-19-7-5-4-6-8-19/h4-10,14-15,17,21H,11-13,16H2,1-3H3,(H2,28,29,30,31). The van der Waals surface area contributed by atoms with Crippen molar-refractivity contribution in [2.45, 2.75) is 58.5 Å². The van der Waals surface area contributed by atoms with E-state index in [2.05, 4.69) is 41.2 Å². The van der Waals surface area contributed by atoms with Gasteiger partial charge in [-0.25, -0.2) is 4.79 Å². The molecule has 0 saturated heterocycles. The number of ether oxygens (including phenoxy) is 1. The fourth-order valence-electron chi connectivity index (χ4n) is 4.44. The molecular weight excluding hydrogens is 400 g/mol. The van der Waals surface area contributed by atoms with E-state index in [1.807, 2.05) is 44.2 Å². The summed E-state index contributed by atoms with van der Waals surface area (Å²) >= 11 is 0. The normalized spacial score (nSPS) is 16.1. The van der Waals surface area contributed by atoms with Crippen LogP contribution in [0.4, 0.5) is 0 Å². The molecule has 1 heterocycles. The second-order valence-corrected chi connectivity index (χ2v) is 8.83. The minimum absolute atomic E-state index is 0.104. The maximum atomic E-state index is 12.7. The molecule has 4 rings (SSSR count). The molecule has 166 valence electrons. The Morgan fingerprint density at radius 2 is 1.84 bits per heavy atom. The lowest BCUT2D eigenvalue weighted by Crippen LogP contribution is -2.30. The second-order valence-electron chi connectivity index (χ2n) is 8.83. The van der Waals surface area contributed by atoms with Crippen molar-refractivity contribution >= 4 is 5.57 Å². The summed E-state index contributed by atoms with van der Waals surface area (Å²) in [6, 6.07) is 16.2. The van der Waals surface area contributed by atoms with Crippen molar-refractivity contribution in [1.82, 2.24) is 9.97 Å². The van der Waals surface area contributed by atoms with Crippen molar-refractivity contribution in [3.8, 4) is 5.75 Å². The number of hydrogen-bond acceptors (Lipinski definition) is 3. The second kappa shape index (κ2) is 9.43. The molecule has 2 N–H and O–H groups in total. The van der Waals surface area contributed by atoms with Crippen LogP contribution in [0.3, 0.4) is 0 Å². The molecule has 1 unspecified atom stereocenters. The summed E-state index contributed by atoms with van der Waals surface area (Å²) in [6.07, 6.45) is 5.33. The number of aromatic nitrogens is 2. The fraction of sp³-hybridized carbons (Fsp3) is 0.333. The van der Waals surface area contributed by atoms with Crippen LogP contribution in [0.2, 0.25) is 0 Å². The summed E-state index contributed by atoms with van der Waals surface area (Å²) in [5.74, 6) is 1.02. The van der Waals surface area contributed by atoms with E-state index in [9.17, 15) is 9.59 Å². The van der Waals surface area contributed by atoms with Crippen molar-refractivity contribution in [2.75, 3.05) is 0 Å². The number of H-pyrrole nitrogens is 2. The smallest absolute Gasteiger partial charge is 0.325 e. The van der Waals surface area contributed by atoms with Crippen LogP contribution in [0, 0.1) is 6.92 Å². The van der Waals surface area contributed by atoms with E-state index in [4.69, 9.17) is 4.74 Å². The Bertz CT molecular complexity index is 1240. The highest BCUT2D eigenvalue weighted by Crippen LogP contribution is 2.39. The lowest BCUT2D eigenvalue weighted by molar-refractivity contribution is 0.241. The van der Waals surface area contributed by atoms with Crippen molar-refractivity contribution < 1.29 is 4.74 Å². The molecule has 2 aromatic carbocycles. The van der Waals surface area contributed by atoms with Gasteiger partial charge in [-0.3, -0.25) is 9.78 Å². The first kappa shape index (κ1) is 21.9. The molecule has 32 heavy (non-hydrogen) atoms. The van der Waals surface area contributed by atoms with Crippen LogP contribution in [0.25, 0.3) is 5.57 Å². The summed E-state index contributed by atoms with van der Waals surface area (Å²) in [5, 5.41) is 0. The third-order valence-electron chi connectivity index (χ3n) is 5.96. The summed E-state index contributed by atoms with van der Waals surface area (Å²) in [7, 11) is 0. The van der Waals surface area contributed by atoms with E-state index < -0.39 is 5.69 Å². The fourth-order valence-corrected chi connectivity index (χ4v) is 4.44.